The number of rotatable bonds is 11. The zero-order valence-electron chi connectivity index (χ0n) is 25.2. The monoisotopic (exact) mass is 605 g/mol. The summed E-state index contributed by atoms with van der Waals surface area (Å²) in [6.07, 6.45) is 9.00. The number of H-pyrrole nitrogens is 1. The Hall–Kier alpha value is -4.00. The highest BCUT2D eigenvalue weighted by Crippen LogP contribution is 2.30. The van der Waals surface area contributed by atoms with Crippen LogP contribution in [0, 0.1) is 24.0 Å². The van der Waals surface area contributed by atoms with Crippen molar-refractivity contribution in [3.8, 4) is 16.9 Å². The number of aryl methyl sites for hydroxylation is 2. The van der Waals surface area contributed by atoms with Crippen molar-refractivity contribution in [2.75, 3.05) is 13.1 Å². The highest BCUT2D eigenvalue weighted by atomic mass is 19.1. The molecule has 10 nitrogen and oxygen atoms in total. The van der Waals surface area contributed by atoms with Crippen molar-refractivity contribution in [1.82, 2.24) is 30.2 Å². The molecule has 234 valence electrons. The highest BCUT2D eigenvalue weighted by molar-refractivity contribution is 5.83. The lowest BCUT2D eigenvalue weighted by Gasteiger charge is -2.31. The summed E-state index contributed by atoms with van der Waals surface area (Å²) in [5, 5.41) is 14.7. The molecule has 44 heavy (non-hydrogen) atoms. The van der Waals surface area contributed by atoms with Crippen molar-refractivity contribution < 1.29 is 8.78 Å². The number of fused-ring (bicyclic) bond motifs is 1. The number of nitrogens with zero attached hydrogens (tertiary/aromatic N) is 3. The van der Waals surface area contributed by atoms with Crippen LogP contribution in [-0.2, 0) is 6.42 Å². The summed E-state index contributed by atoms with van der Waals surface area (Å²) in [5.74, 6) is -0.557. The minimum atomic E-state index is -0.604. The first kappa shape index (κ1) is 31.4. The quantitative estimate of drug-likeness (QED) is 0.111. The van der Waals surface area contributed by atoms with E-state index in [1.807, 2.05) is 19.1 Å². The van der Waals surface area contributed by atoms with E-state index in [4.69, 9.17) is 16.9 Å². The van der Waals surface area contributed by atoms with Gasteiger partial charge in [0.25, 0.3) is 0 Å². The van der Waals surface area contributed by atoms with E-state index in [1.54, 1.807) is 19.2 Å². The van der Waals surface area contributed by atoms with E-state index in [9.17, 15) is 4.79 Å². The Morgan fingerprint density at radius 3 is 2.82 bits per heavy atom. The van der Waals surface area contributed by atoms with E-state index in [1.165, 1.54) is 16.8 Å². The molecule has 1 aromatic carbocycles. The highest BCUT2D eigenvalue weighted by Gasteiger charge is 2.26. The van der Waals surface area contributed by atoms with E-state index in [0.717, 1.165) is 50.5 Å². The smallest absolute Gasteiger partial charge is 0.354 e. The van der Waals surface area contributed by atoms with Crippen molar-refractivity contribution >= 4 is 16.9 Å². The molecule has 0 unspecified atom stereocenters. The van der Waals surface area contributed by atoms with Gasteiger partial charge in [-0.25, -0.2) is 13.6 Å². The molecule has 8 N–H and O–H groups in total. The number of halogens is 2. The van der Waals surface area contributed by atoms with Crippen LogP contribution in [0.15, 0.2) is 41.5 Å². The van der Waals surface area contributed by atoms with Gasteiger partial charge in [0.2, 0.25) is 0 Å². The Bertz CT molecular complexity index is 1700. The summed E-state index contributed by atoms with van der Waals surface area (Å²) < 4.78 is 31.9. The second-order valence-electron chi connectivity index (χ2n) is 11.8. The summed E-state index contributed by atoms with van der Waals surface area (Å²) in [6, 6.07) is 6.74. The molecule has 1 aliphatic heterocycles. The maximum absolute atomic E-state index is 15.4. The van der Waals surface area contributed by atoms with Crippen LogP contribution < -0.4 is 27.8 Å². The molecule has 0 amide bonds. The first-order valence-electron chi connectivity index (χ1n) is 15.2. The lowest BCUT2D eigenvalue weighted by Crippen LogP contribution is -2.40. The van der Waals surface area contributed by atoms with Crippen molar-refractivity contribution in [3.05, 3.63) is 75.6 Å². The van der Waals surface area contributed by atoms with E-state index >= 15 is 8.78 Å². The minimum Gasteiger partial charge on any atom is -0.373 e. The molecule has 0 saturated carbocycles. The summed E-state index contributed by atoms with van der Waals surface area (Å²) in [7, 11) is 0. The van der Waals surface area contributed by atoms with E-state index in [-0.39, 0.29) is 36.2 Å². The lowest BCUT2D eigenvalue weighted by molar-refractivity contribution is 0.302. The summed E-state index contributed by atoms with van der Waals surface area (Å²) in [6.45, 7) is 4.48. The second kappa shape index (κ2) is 13.7. The third-order valence-electron chi connectivity index (χ3n) is 8.22. The SMILES string of the molecule is Cc1cc(CCC[C@H](C)N)cc(-c2cc3cn(-c4cnc([C@@H]5CCC[C@@H](CCNC(=N)CN)N5)c(F)c4)c(=O)nc3[nH]2)c1F. The number of pyridine rings is 1. The van der Waals surface area contributed by atoms with Gasteiger partial charge in [0.15, 0.2) is 0 Å². The standard InChI is InChI=1S/C32H41F2N9O/c1-18-11-20(6-3-5-19(2)36)12-24(29(18)34)27-13-21-17-43(32(44)42-31(21)41-27)23-14-25(33)30(39-16-23)26-8-4-7-22(40-26)9-10-38-28(37)15-35/h11-14,16-17,19,22,26,40H,3-10,15,35-36H2,1-2H3,(H2,37,38)(H,41,42,44)/t19-,22-,26-/m0/s1. The third kappa shape index (κ3) is 7.20. The van der Waals surface area contributed by atoms with Gasteiger partial charge in [0.05, 0.1) is 35.9 Å². The van der Waals surface area contributed by atoms with Gasteiger partial charge in [-0.2, -0.15) is 4.98 Å². The van der Waals surface area contributed by atoms with Gasteiger partial charge >= 0.3 is 5.69 Å². The fourth-order valence-electron chi connectivity index (χ4n) is 5.90. The third-order valence-corrected chi connectivity index (χ3v) is 8.22. The van der Waals surface area contributed by atoms with Crippen molar-refractivity contribution in [3.63, 3.8) is 0 Å². The molecular weight excluding hydrogens is 564 g/mol. The molecule has 5 rings (SSSR count). The first-order valence-corrected chi connectivity index (χ1v) is 15.2. The van der Waals surface area contributed by atoms with Gasteiger partial charge in [-0.05, 0) is 82.1 Å². The average molecular weight is 606 g/mol. The largest absolute Gasteiger partial charge is 0.373 e. The van der Waals surface area contributed by atoms with E-state index in [0.29, 0.717) is 45.9 Å². The number of benzene rings is 1. The topological polar surface area (TPSA) is 164 Å². The fourth-order valence-corrected chi connectivity index (χ4v) is 5.90. The molecule has 1 fully saturated rings. The zero-order valence-corrected chi connectivity index (χ0v) is 25.2. The van der Waals surface area contributed by atoms with Crippen LogP contribution in [-0.4, -0.2) is 50.5 Å². The minimum absolute atomic E-state index is 0.108. The lowest BCUT2D eigenvalue weighted by atomic mass is 9.94. The van der Waals surface area contributed by atoms with Crippen molar-refractivity contribution in [2.45, 2.75) is 76.9 Å². The molecule has 0 aliphatic carbocycles. The van der Waals surface area contributed by atoms with E-state index < -0.39 is 11.5 Å². The summed E-state index contributed by atoms with van der Waals surface area (Å²) >= 11 is 0. The first-order chi connectivity index (χ1) is 21.1. The number of hydrogen-bond acceptors (Lipinski definition) is 7. The van der Waals surface area contributed by atoms with Crippen LogP contribution >= 0.6 is 0 Å². The Labute approximate surface area is 255 Å². The van der Waals surface area contributed by atoms with Gasteiger partial charge in [0.1, 0.15) is 23.1 Å². The van der Waals surface area contributed by atoms with Gasteiger partial charge in [-0.1, -0.05) is 6.07 Å². The molecule has 4 aromatic rings. The number of aromatic amines is 1. The molecule has 3 atom stereocenters. The van der Waals surface area contributed by atoms with E-state index in [2.05, 4.69) is 25.6 Å². The number of piperidine rings is 1. The Morgan fingerprint density at radius 1 is 1.25 bits per heavy atom. The molecule has 1 aliphatic rings. The van der Waals surface area contributed by atoms with Crippen LogP contribution in [0.4, 0.5) is 8.78 Å². The fraction of sp³-hybridized carbons (Fsp3) is 0.438. The number of amidine groups is 1. The zero-order chi connectivity index (χ0) is 31.4. The Morgan fingerprint density at radius 2 is 2.07 bits per heavy atom. The predicted octanol–water partition coefficient (Wildman–Crippen LogP) is 4.13. The van der Waals surface area contributed by atoms with Crippen LogP contribution in [0.5, 0.6) is 0 Å². The van der Waals surface area contributed by atoms with Crippen LogP contribution in [0.25, 0.3) is 28.0 Å². The number of hydrogen-bond donors (Lipinski definition) is 6. The molecule has 0 bridgehead atoms. The van der Waals surface area contributed by atoms with Crippen LogP contribution in [0.3, 0.4) is 0 Å². The van der Waals surface area contributed by atoms with Crippen molar-refractivity contribution in [2.24, 2.45) is 11.5 Å². The Kier molecular flexibility index (Phi) is 9.82. The molecular formula is C32H41F2N9O. The molecule has 0 radical (unpaired) electrons. The van der Waals surface area contributed by atoms with Crippen molar-refractivity contribution in [1.29, 1.82) is 5.41 Å². The normalized spacial score (nSPS) is 17.6. The van der Waals surface area contributed by atoms with Gasteiger partial charge < -0.3 is 27.1 Å². The van der Waals surface area contributed by atoms with Gasteiger partial charge in [-0.3, -0.25) is 15.0 Å². The maximum atomic E-state index is 15.4. The average Bonchev–Trinajstić information content (AvgIpc) is 3.40. The molecule has 3 aromatic heterocycles. The van der Waals surface area contributed by atoms with Gasteiger partial charge in [0, 0.05) is 41.8 Å². The molecule has 0 spiro atoms. The summed E-state index contributed by atoms with van der Waals surface area (Å²) in [5.41, 5.74) is 14.1. The number of nitrogens with one attached hydrogen (secondary N) is 4. The second-order valence-corrected chi connectivity index (χ2v) is 11.8. The summed E-state index contributed by atoms with van der Waals surface area (Å²) in [4.78, 5) is 24.7. The van der Waals surface area contributed by atoms with Crippen LogP contribution in [0.1, 0.15) is 68.3 Å². The maximum Gasteiger partial charge on any atom is 0.354 e. The van der Waals surface area contributed by atoms with Crippen LogP contribution in [0.2, 0.25) is 0 Å². The molecule has 12 heteroatoms. The number of nitrogens with two attached hydrogens (primary N) is 2. The predicted molar refractivity (Wildman–Crippen MR) is 169 cm³/mol. The number of aromatic nitrogens is 4. The molecule has 4 heterocycles. The van der Waals surface area contributed by atoms with Gasteiger partial charge in [-0.15, -0.1) is 0 Å². The Balaban J connectivity index is 1.36. The molecule has 1 saturated heterocycles.